The summed E-state index contributed by atoms with van der Waals surface area (Å²) in [5.74, 6) is -0.433. The average Bonchev–Trinajstić information content (AvgIpc) is 3.10. The van der Waals surface area contributed by atoms with Crippen molar-refractivity contribution in [3.05, 3.63) is 66.2 Å². The molecule has 0 radical (unpaired) electrons. The summed E-state index contributed by atoms with van der Waals surface area (Å²) in [6, 6.07) is 17.3. The number of amides is 2. The zero-order valence-corrected chi connectivity index (χ0v) is 15.0. The van der Waals surface area contributed by atoms with Crippen LogP contribution in [0.4, 0.5) is 10.5 Å². The van der Waals surface area contributed by atoms with Gasteiger partial charge in [-0.1, -0.05) is 48.5 Å². The number of likely N-dealkylation sites (tertiary alicyclic amines) is 1. The van der Waals surface area contributed by atoms with E-state index in [1.165, 1.54) is 12.0 Å². The Morgan fingerprint density at radius 2 is 1.74 bits per heavy atom. The Bertz CT molecular complexity index is 768. The van der Waals surface area contributed by atoms with Crippen LogP contribution in [0.1, 0.15) is 12.0 Å². The molecule has 142 valence electrons. The number of β-amino-alcohol motifs (C(OH)–C–C–N with tert-alkyl or cyclic N) is 1. The number of aliphatic hydroxyl groups excluding tert-OH is 1. The molecule has 2 aromatic rings. The summed E-state index contributed by atoms with van der Waals surface area (Å²) >= 11 is 0. The highest BCUT2D eigenvalue weighted by molar-refractivity contribution is 5.97. The summed E-state index contributed by atoms with van der Waals surface area (Å²) in [7, 11) is 1.38. The van der Waals surface area contributed by atoms with Crippen LogP contribution in [-0.2, 0) is 21.0 Å². The van der Waals surface area contributed by atoms with Gasteiger partial charge in [0.15, 0.2) is 0 Å². The SMILES string of the molecule is CON(C(=O)C1CC(O)CN1C(=O)OCc1ccccc1)c1ccccc1. The smallest absolute Gasteiger partial charge is 0.410 e. The first-order chi connectivity index (χ1) is 13.1. The molecule has 1 aliphatic heterocycles. The maximum atomic E-state index is 13.0. The van der Waals surface area contributed by atoms with E-state index in [2.05, 4.69) is 0 Å². The van der Waals surface area contributed by atoms with Crippen LogP contribution in [0, 0.1) is 0 Å². The quantitative estimate of drug-likeness (QED) is 0.818. The molecule has 7 nitrogen and oxygen atoms in total. The van der Waals surface area contributed by atoms with Gasteiger partial charge in [0, 0.05) is 6.42 Å². The van der Waals surface area contributed by atoms with Gasteiger partial charge in [0.25, 0.3) is 5.91 Å². The molecule has 2 unspecified atom stereocenters. The maximum absolute atomic E-state index is 13.0. The maximum Gasteiger partial charge on any atom is 0.410 e. The average molecular weight is 370 g/mol. The van der Waals surface area contributed by atoms with Crippen molar-refractivity contribution < 1.29 is 24.3 Å². The molecule has 0 bridgehead atoms. The van der Waals surface area contributed by atoms with Crippen LogP contribution >= 0.6 is 0 Å². The van der Waals surface area contributed by atoms with Crippen molar-refractivity contribution >= 4 is 17.7 Å². The highest BCUT2D eigenvalue weighted by Gasteiger charge is 2.42. The topological polar surface area (TPSA) is 79.3 Å². The fraction of sp³-hybridized carbons (Fsp3) is 0.300. The van der Waals surface area contributed by atoms with Gasteiger partial charge < -0.3 is 9.84 Å². The minimum Gasteiger partial charge on any atom is -0.445 e. The van der Waals surface area contributed by atoms with E-state index in [-0.39, 0.29) is 19.6 Å². The van der Waals surface area contributed by atoms with Crippen LogP contribution in [0.15, 0.2) is 60.7 Å². The fourth-order valence-electron chi connectivity index (χ4n) is 3.07. The van der Waals surface area contributed by atoms with Crippen LogP contribution in [-0.4, -0.2) is 47.8 Å². The molecule has 1 N–H and O–H groups in total. The number of hydrogen-bond acceptors (Lipinski definition) is 5. The predicted octanol–water partition coefficient (Wildman–Crippen LogP) is 2.35. The van der Waals surface area contributed by atoms with Crippen molar-refractivity contribution in [1.82, 2.24) is 4.90 Å². The Kier molecular flexibility index (Phi) is 6.05. The van der Waals surface area contributed by atoms with Crippen LogP contribution < -0.4 is 5.06 Å². The minimum atomic E-state index is -0.858. The number of rotatable bonds is 5. The number of benzene rings is 2. The second kappa shape index (κ2) is 8.66. The van der Waals surface area contributed by atoms with Gasteiger partial charge in [0.1, 0.15) is 12.6 Å². The molecule has 2 aromatic carbocycles. The first kappa shape index (κ1) is 18.9. The zero-order valence-electron chi connectivity index (χ0n) is 15.0. The van der Waals surface area contributed by atoms with Crippen molar-refractivity contribution in [2.75, 3.05) is 18.7 Å². The normalized spacial score (nSPS) is 19.0. The number of carbonyl (C=O) groups is 2. The summed E-state index contributed by atoms with van der Waals surface area (Å²) in [5, 5.41) is 11.1. The number of aliphatic hydroxyl groups is 1. The number of hydrogen-bond donors (Lipinski definition) is 1. The molecule has 0 aliphatic carbocycles. The van der Waals surface area contributed by atoms with Crippen molar-refractivity contribution in [1.29, 1.82) is 0 Å². The van der Waals surface area contributed by atoms with Gasteiger partial charge in [-0.05, 0) is 17.7 Å². The van der Waals surface area contributed by atoms with E-state index < -0.39 is 24.1 Å². The standard InChI is InChI=1S/C20H22N2O5/c1-26-22(16-10-6-3-7-11-16)19(24)18-12-17(23)13-21(18)20(25)27-14-15-8-4-2-5-9-15/h2-11,17-18,23H,12-14H2,1H3. The van der Waals surface area contributed by atoms with E-state index in [0.29, 0.717) is 5.69 Å². The summed E-state index contributed by atoms with van der Waals surface area (Å²) in [4.78, 5) is 31.9. The lowest BCUT2D eigenvalue weighted by molar-refractivity contribution is -0.129. The van der Waals surface area contributed by atoms with E-state index in [0.717, 1.165) is 10.6 Å². The van der Waals surface area contributed by atoms with E-state index in [1.54, 1.807) is 24.3 Å². The van der Waals surface area contributed by atoms with Crippen LogP contribution in [0.2, 0.25) is 0 Å². The summed E-state index contributed by atoms with van der Waals surface area (Å²) < 4.78 is 5.32. The van der Waals surface area contributed by atoms with Crippen LogP contribution in [0.25, 0.3) is 0 Å². The number of carbonyl (C=O) groups excluding carboxylic acids is 2. The van der Waals surface area contributed by atoms with Crippen molar-refractivity contribution in [2.45, 2.75) is 25.2 Å². The Balaban J connectivity index is 1.71. The van der Waals surface area contributed by atoms with Crippen molar-refractivity contribution in [3.8, 4) is 0 Å². The minimum absolute atomic E-state index is 0.0381. The van der Waals surface area contributed by atoms with Gasteiger partial charge in [-0.3, -0.25) is 14.5 Å². The monoisotopic (exact) mass is 370 g/mol. The van der Waals surface area contributed by atoms with Gasteiger partial charge in [-0.15, -0.1) is 0 Å². The van der Waals surface area contributed by atoms with Crippen molar-refractivity contribution in [2.24, 2.45) is 0 Å². The first-order valence-corrected chi connectivity index (χ1v) is 8.68. The molecule has 1 aliphatic rings. The lowest BCUT2D eigenvalue weighted by Gasteiger charge is -2.28. The van der Waals surface area contributed by atoms with Crippen molar-refractivity contribution in [3.63, 3.8) is 0 Å². The Hall–Kier alpha value is -2.90. The fourth-order valence-corrected chi connectivity index (χ4v) is 3.07. The molecular formula is C20H22N2O5. The second-order valence-electron chi connectivity index (χ2n) is 6.25. The van der Waals surface area contributed by atoms with E-state index in [9.17, 15) is 14.7 Å². The lowest BCUT2D eigenvalue weighted by atomic mass is 10.1. The molecule has 0 aromatic heterocycles. The third kappa shape index (κ3) is 4.45. The number of anilines is 1. The van der Waals surface area contributed by atoms with Gasteiger partial charge in [-0.25, -0.2) is 4.79 Å². The Morgan fingerprint density at radius 3 is 2.37 bits per heavy atom. The van der Waals surface area contributed by atoms with Crippen LogP contribution in [0.5, 0.6) is 0 Å². The first-order valence-electron chi connectivity index (χ1n) is 8.68. The largest absolute Gasteiger partial charge is 0.445 e. The second-order valence-corrected chi connectivity index (χ2v) is 6.25. The highest BCUT2D eigenvalue weighted by Crippen LogP contribution is 2.24. The number of para-hydroxylation sites is 1. The Morgan fingerprint density at radius 1 is 1.11 bits per heavy atom. The van der Waals surface area contributed by atoms with Gasteiger partial charge in [0.2, 0.25) is 0 Å². The molecule has 7 heteroatoms. The molecule has 0 saturated carbocycles. The van der Waals surface area contributed by atoms with E-state index in [1.807, 2.05) is 36.4 Å². The molecule has 0 spiro atoms. The zero-order chi connectivity index (χ0) is 19.2. The summed E-state index contributed by atoms with van der Waals surface area (Å²) in [6.45, 7) is 0.135. The number of hydroxylamine groups is 1. The number of ether oxygens (including phenoxy) is 1. The highest BCUT2D eigenvalue weighted by atomic mass is 16.7. The molecule has 2 atom stereocenters. The lowest BCUT2D eigenvalue weighted by Crippen LogP contribution is -2.47. The number of nitrogens with zero attached hydrogens (tertiary/aromatic N) is 2. The summed E-state index contributed by atoms with van der Waals surface area (Å²) in [6.07, 6.45) is -1.30. The van der Waals surface area contributed by atoms with E-state index >= 15 is 0 Å². The van der Waals surface area contributed by atoms with Gasteiger partial charge >= 0.3 is 6.09 Å². The van der Waals surface area contributed by atoms with Gasteiger partial charge in [0.05, 0.1) is 25.4 Å². The summed E-state index contributed by atoms with van der Waals surface area (Å²) in [5.41, 5.74) is 1.39. The molecule has 1 fully saturated rings. The Labute approximate surface area is 157 Å². The molecule has 3 rings (SSSR count). The molecule has 1 heterocycles. The third-order valence-corrected chi connectivity index (χ3v) is 4.38. The predicted molar refractivity (Wildman–Crippen MR) is 98.7 cm³/mol. The van der Waals surface area contributed by atoms with Gasteiger partial charge in [-0.2, -0.15) is 5.06 Å². The van der Waals surface area contributed by atoms with E-state index in [4.69, 9.17) is 9.57 Å². The molecular weight excluding hydrogens is 348 g/mol. The third-order valence-electron chi connectivity index (χ3n) is 4.38. The molecule has 2 amide bonds. The molecule has 27 heavy (non-hydrogen) atoms. The van der Waals surface area contributed by atoms with Crippen LogP contribution in [0.3, 0.4) is 0 Å². The molecule has 1 saturated heterocycles.